The fraction of sp³-hybridized carbons (Fsp3) is 0.840. The zero-order valence-corrected chi connectivity index (χ0v) is 69.9. The zero-order valence-electron chi connectivity index (χ0n) is 69.0. The molecule has 121 heavy (non-hydrogen) atoms. The summed E-state index contributed by atoms with van der Waals surface area (Å²) < 4.78 is 95.3. The molecule has 4 aliphatic rings. The third-order valence-electron chi connectivity index (χ3n) is 20.0. The van der Waals surface area contributed by atoms with Crippen LogP contribution in [0.1, 0.15) is 175 Å². The Kier molecular flexibility index (Phi) is 49.8. The lowest BCUT2D eigenvalue weighted by atomic mass is 9.97. The van der Waals surface area contributed by atoms with Gasteiger partial charge in [0.1, 0.15) is 90.9 Å². The molecule has 0 spiro atoms. The lowest BCUT2D eigenvalue weighted by molar-refractivity contribution is -0.270. The quantitative estimate of drug-likeness (QED) is 0.0215. The minimum atomic E-state index is -4.64. The first-order chi connectivity index (χ1) is 57.8. The number of aromatic nitrogens is 2. The number of H-pyrrole nitrogens is 1. The molecule has 44 nitrogen and oxygen atoms in total. The Bertz CT molecular complexity index is 3210. The number of nitrogens with one attached hydrogen (secondary N) is 9. The monoisotopic (exact) mass is 1760 g/mol. The molecule has 5 heterocycles. The summed E-state index contributed by atoms with van der Waals surface area (Å²) in [6.07, 6.45) is -10.2. The molecule has 19 atom stereocenters. The normalized spacial score (nSPS) is 26.0. The van der Waals surface area contributed by atoms with Crippen LogP contribution in [0, 0.1) is 5.82 Å². The minimum absolute atomic E-state index is 0.0695. The number of phosphoric ester groups is 1. The average molecular weight is 1770 g/mol. The molecule has 1 unspecified atom stereocenters. The topological polar surface area (TPSA) is 638 Å². The number of phosphoric acid groups is 1. The number of carbonyl (C=O) groups is 8. The molecule has 1 aromatic heterocycles. The van der Waals surface area contributed by atoms with Gasteiger partial charge in [-0.3, -0.25) is 61.7 Å². The Morgan fingerprint density at radius 1 is 0.463 bits per heavy atom. The van der Waals surface area contributed by atoms with E-state index in [4.69, 9.17) is 56.4 Å². The van der Waals surface area contributed by atoms with Crippen LogP contribution in [0.2, 0.25) is 0 Å². The lowest BCUT2D eigenvalue weighted by Gasteiger charge is -2.42. The molecule has 0 aliphatic carbocycles. The van der Waals surface area contributed by atoms with Gasteiger partial charge < -0.3 is 146 Å². The van der Waals surface area contributed by atoms with Crippen molar-refractivity contribution < 1.29 is 160 Å². The van der Waals surface area contributed by atoms with E-state index in [2.05, 4.69) is 42.5 Å². The number of halogens is 1. The van der Waals surface area contributed by atoms with Crippen molar-refractivity contribution in [2.75, 3.05) is 119 Å². The molecule has 4 aliphatic heterocycles. The number of aromatic amines is 1. The molecule has 8 amide bonds. The highest BCUT2D eigenvalue weighted by Crippen LogP contribution is 2.44. The number of aliphatic hydroxyl groups excluding tert-OH is 10. The van der Waals surface area contributed by atoms with Crippen LogP contribution in [0.25, 0.3) is 0 Å². The summed E-state index contributed by atoms with van der Waals surface area (Å²) in [7, 11) is -4.64. The van der Waals surface area contributed by atoms with E-state index in [9.17, 15) is 113 Å². The largest absolute Gasteiger partial charge is 0.472 e. The number of rotatable bonds is 62. The van der Waals surface area contributed by atoms with Crippen molar-refractivity contribution in [2.45, 2.75) is 284 Å². The van der Waals surface area contributed by atoms with Gasteiger partial charge in [-0.1, -0.05) is 51.4 Å². The van der Waals surface area contributed by atoms with Gasteiger partial charge in [0.25, 0.3) is 5.56 Å². The van der Waals surface area contributed by atoms with Crippen molar-refractivity contribution in [3.63, 3.8) is 0 Å². The van der Waals surface area contributed by atoms with Crippen molar-refractivity contribution in [1.29, 1.82) is 0 Å². The van der Waals surface area contributed by atoms with Crippen LogP contribution in [-0.2, 0) is 99.3 Å². The van der Waals surface area contributed by atoms with Crippen LogP contribution in [0.4, 0.5) is 4.39 Å². The zero-order chi connectivity index (χ0) is 88.9. The fourth-order valence-electron chi connectivity index (χ4n) is 13.4. The van der Waals surface area contributed by atoms with Crippen molar-refractivity contribution >= 4 is 55.1 Å². The number of hydrogen-bond acceptors (Lipinski definition) is 33. The van der Waals surface area contributed by atoms with Gasteiger partial charge in [-0.15, -0.1) is 0 Å². The van der Waals surface area contributed by atoms with Gasteiger partial charge in [-0.2, -0.15) is 4.39 Å². The van der Waals surface area contributed by atoms with Crippen LogP contribution < -0.4 is 53.8 Å². The number of hydrogen-bond donors (Lipinski definition) is 20. The second-order valence-corrected chi connectivity index (χ2v) is 31.7. The molecule has 20 N–H and O–H groups in total. The van der Waals surface area contributed by atoms with E-state index in [0.717, 1.165) is 4.57 Å². The summed E-state index contributed by atoms with van der Waals surface area (Å²) in [5.41, 5.74) is -3.76. The van der Waals surface area contributed by atoms with E-state index in [-0.39, 0.29) is 141 Å². The molecule has 696 valence electrons. The summed E-state index contributed by atoms with van der Waals surface area (Å²) in [5.74, 6) is -4.73. The Morgan fingerprint density at radius 3 is 1.17 bits per heavy atom. The Morgan fingerprint density at radius 2 is 0.810 bits per heavy atom. The van der Waals surface area contributed by atoms with Crippen molar-refractivity contribution in [2.24, 2.45) is 0 Å². The number of carbonyl (C=O) groups excluding carboxylic acids is 8. The summed E-state index contributed by atoms with van der Waals surface area (Å²) in [5, 5.41) is 124. The third kappa shape index (κ3) is 39.4. The van der Waals surface area contributed by atoms with E-state index >= 15 is 0 Å². The highest BCUT2D eigenvalue weighted by molar-refractivity contribution is 7.47. The van der Waals surface area contributed by atoms with Gasteiger partial charge in [0, 0.05) is 105 Å². The molecule has 0 bridgehead atoms. The van der Waals surface area contributed by atoms with Gasteiger partial charge in [-0.05, 0) is 57.8 Å². The molecule has 5 rings (SSSR count). The van der Waals surface area contributed by atoms with Crippen molar-refractivity contribution in [3.05, 3.63) is 32.9 Å². The summed E-state index contributed by atoms with van der Waals surface area (Å²) >= 11 is 0. The predicted molar refractivity (Wildman–Crippen MR) is 418 cm³/mol. The van der Waals surface area contributed by atoms with E-state index < -0.39 is 191 Å². The molecular formula is C75H130FN10O34P. The van der Waals surface area contributed by atoms with Crippen molar-refractivity contribution in [1.82, 2.24) is 52.1 Å². The molecule has 0 radical (unpaired) electrons. The first kappa shape index (κ1) is 105. The second-order valence-electron chi connectivity index (χ2n) is 30.2. The Labute approximate surface area is 700 Å². The number of nitrogens with zero attached hydrogens (tertiary/aromatic N) is 1. The van der Waals surface area contributed by atoms with Gasteiger partial charge >= 0.3 is 13.5 Å². The highest BCUT2D eigenvalue weighted by atomic mass is 31.2. The van der Waals surface area contributed by atoms with Crippen LogP contribution in [0.5, 0.6) is 0 Å². The first-order valence-corrected chi connectivity index (χ1v) is 42.9. The lowest BCUT2D eigenvalue weighted by Crippen LogP contribution is -2.64. The summed E-state index contributed by atoms with van der Waals surface area (Å²) in [6.45, 7) is 1.31. The molecule has 0 saturated carbocycles. The minimum Gasteiger partial charge on any atom is -0.394 e. The van der Waals surface area contributed by atoms with Crippen LogP contribution >= 0.6 is 7.82 Å². The van der Waals surface area contributed by atoms with Crippen molar-refractivity contribution in [3.8, 4) is 0 Å². The molecule has 46 heteroatoms. The standard InChI is InChI=1S/C75H130FN10O34P/c1-46(90)81-61-67(102)64(99)51(39-87)118-71(61)112-30-16-8-4-12-27-78-56(95)23-34-109-43-75(44-110-35-24-57(96)79-28-13-5-9-17-31-113-72-62(82-47(2)91)68(103)65(100)52(40-88)119-72,45-111-36-25-58(97)80-29-14-6-10-18-32-114-73-63(83-48(3)92)69(104)66(101)53(41-89)120-73)85-59(98)22-20-21-55(94)77-26-15-7-11-19-33-115-121(107,108)116-42-54-50(93)37-60(117-54)86-38-49(76)70(105)84-74(86)106/h38,50-54,60-69,71-73,87-89,93,99-104H,4-37,39-45H2,1-3H3,(H,77,94)(H,78,95)(H,79,96)(H,80,97)(H,81,90)(H,82,91)(H,83,92)(H,85,98)(H,107,108)(H,84,105,106)/t50-,51+,52+,53+,54+,60+,61+,62+,63+,64-,65-,66-,67+,68+,69+,71+,72+,73+/m0/s1. The molecule has 1 aromatic rings. The van der Waals surface area contributed by atoms with Gasteiger partial charge in [0.2, 0.25) is 53.1 Å². The smallest absolute Gasteiger partial charge is 0.394 e. The average Bonchev–Trinajstić information content (AvgIpc) is 0.877. The maximum Gasteiger partial charge on any atom is 0.472 e. The highest BCUT2D eigenvalue weighted by Gasteiger charge is 2.49. The SMILES string of the molecule is CC(=O)N[C@H]1[C@H](OCCCCCCNC(=O)CCOCC(COCCC(=O)NCCCCCCO[C@@H]2O[C@H](CO)[C@H](O)[C@H](O)[C@H]2NC(C)=O)(COCCC(=O)NCCCCCCO[C@@H]2O[C@H](CO)[C@H](O)[C@H](O)[C@H]2NC(C)=O)NC(=O)CCCC(=O)NCCCCCCOP(=O)(O)OC[C@H]2O[C@@H](n3cc(F)c(=O)[nH]c3=O)C[C@@H]2O)O[C@H](CO)[C@H](O)[C@@H]1O. The Balaban J connectivity index is 1.12. The number of unbranched alkanes of at least 4 members (excludes halogenated alkanes) is 12. The van der Waals surface area contributed by atoms with E-state index in [1.54, 1.807) is 4.98 Å². The molecule has 4 fully saturated rings. The van der Waals surface area contributed by atoms with E-state index in [0.29, 0.717) is 129 Å². The van der Waals surface area contributed by atoms with E-state index in [1.165, 1.54) is 20.8 Å². The Hall–Kier alpha value is -6.32. The van der Waals surface area contributed by atoms with Crippen LogP contribution in [0.3, 0.4) is 0 Å². The fourth-order valence-corrected chi connectivity index (χ4v) is 14.2. The van der Waals surface area contributed by atoms with Gasteiger partial charge in [0.05, 0.1) is 85.0 Å². The summed E-state index contributed by atoms with van der Waals surface area (Å²) in [4.78, 5) is 138. The van der Waals surface area contributed by atoms with Gasteiger partial charge in [-0.25, -0.2) is 9.36 Å². The second kappa shape index (κ2) is 57.3. The maximum absolute atomic E-state index is 14.0. The number of aliphatic hydroxyl groups is 10. The molecule has 0 aromatic carbocycles. The third-order valence-corrected chi connectivity index (χ3v) is 21.0. The predicted octanol–water partition coefficient (Wildman–Crippen LogP) is -4.71. The number of ether oxygens (including phenoxy) is 10. The van der Waals surface area contributed by atoms with Gasteiger partial charge in [0.15, 0.2) is 18.9 Å². The molecule has 4 saturated heterocycles. The van der Waals surface area contributed by atoms with E-state index in [1.807, 2.05) is 0 Å². The van der Waals surface area contributed by atoms with Crippen LogP contribution in [-0.4, -0.2) is 341 Å². The maximum atomic E-state index is 14.0. The first-order valence-electron chi connectivity index (χ1n) is 41.4. The summed E-state index contributed by atoms with van der Waals surface area (Å²) in [6, 6.07) is -3.25. The number of amides is 8. The molecular weight excluding hydrogens is 1630 g/mol. The van der Waals surface area contributed by atoms with Crippen LogP contribution in [0.15, 0.2) is 15.8 Å².